The Morgan fingerprint density at radius 2 is 2.17 bits per heavy atom. The number of nitrogens with one attached hydrogen (secondary N) is 1. The molecule has 1 N–H and O–H groups in total. The molecule has 0 aromatic carbocycles. The number of nitrogens with zero attached hydrogens (tertiary/aromatic N) is 4. The van der Waals surface area contributed by atoms with E-state index in [1.807, 2.05) is 24.3 Å². The van der Waals surface area contributed by atoms with E-state index in [9.17, 15) is 13.2 Å². The Morgan fingerprint density at radius 3 is 2.83 bits per heavy atom. The highest BCUT2D eigenvalue weighted by Gasteiger charge is 2.29. The van der Waals surface area contributed by atoms with Crippen LogP contribution in [0.25, 0.3) is 0 Å². The predicted molar refractivity (Wildman–Crippen MR) is 105 cm³/mol. The van der Waals surface area contributed by atoms with E-state index in [-0.39, 0.29) is 18.5 Å². The molecule has 0 amide bonds. The molecule has 2 rings (SSSR count). The Kier molecular flexibility index (Phi) is 8.21. The molecule has 0 aliphatic rings. The minimum absolute atomic E-state index is 0.0619. The summed E-state index contributed by atoms with van der Waals surface area (Å²) in [4.78, 5) is 14.5. The van der Waals surface area contributed by atoms with Gasteiger partial charge in [0.05, 0.1) is 12.2 Å². The van der Waals surface area contributed by atoms with Crippen LogP contribution in [0.2, 0.25) is 0 Å². The van der Waals surface area contributed by atoms with E-state index in [1.54, 1.807) is 26.3 Å². The first-order chi connectivity index (χ1) is 13.7. The molecule has 1 atom stereocenters. The molecule has 160 valence electrons. The zero-order chi connectivity index (χ0) is 21.4. The van der Waals surface area contributed by atoms with Crippen molar-refractivity contribution in [2.45, 2.75) is 32.3 Å². The van der Waals surface area contributed by atoms with Gasteiger partial charge in [-0.05, 0) is 13.0 Å². The molecule has 0 saturated heterocycles. The molecule has 0 aliphatic heterocycles. The van der Waals surface area contributed by atoms with Crippen LogP contribution in [0.15, 0.2) is 28.7 Å². The summed E-state index contributed by atoms with van der Waals surface area (Å²) in [5.41, 5.74) is 1.37. The lowest BCUT2D eigenvalue weighted by Crippen LogP contribution is -2.38. The Bertz CT molecular complexity index is 813. The zero-order valence-electron chi connectivity index (χ0n) is 16.7. The van der Waals surface area contributed by atoms with Crippen LogP contribution >= 0.6 is 11.3 Å². The van der Waals surface area contributed by atoms with Crippen LogP contribution in [0.5, 0.6) is 5.88 Å². The first kappa shape index (κ1) is 22.9. The highest BCUT2D eigenvalue weighted by atomic mass is 32.1. The Morgan fingerprint density at radius 1 is 1.41 bits per heavy atom. The van der Waals surface area contributed by atoms with E-state index in [0.29, 0.717) is 18.1 Å². The summed E-state index contributed by atoms with van der Waals surface area (Å²) in [6.07, 6.45) is -3.11. The van der Waals surface area contributed by atoms with E-state index >= 15 is 0 Å². The fourth-order valence-electron chi connectivity index (χ4n) is 2.40. The Balaban J connectivity index is 1.97. The van der Waals surface area contributed by atoms with Gasteiger partial charge in [-0.15, -0.1) is 11.3 Å². The molecular weight excluding hydrogens is 407 g/mol. The quantitative estimate of drug-likeness (QED) is 0.510. The van der Waals surface area contributed by atoms with Crippen LogP contribution in [0.3, 0.4) is 0 Å². The summed E-state index contributed by atoms with van der Waals surface area (Å²) in [5, 5.41) is 5.96. The maximum atomic E-state index is 12.4. The average molecular weight is 431 g/mol. The van der Waals surface area contributed by atoms with Gasteiger partial charge in [-0.1, -0.05) is 6.07 Å². The van der Waals surface area contributed by atoms with Gasteiger partial charge < -0.3 is 19.7 Å². The molecule has 0 fully saturated rings. The summed E-state index contributed by atoms with van der Waals surface area (Å²) in [5.74, 6) is 0.498. The highest BCUT2D eigenvalue weighted by Crippen LogP contribution is 2.21. The molecule has 0 radical (unpaired) electrons. The molecular formula is C18H24F3N5O2S. The molecule has 0 spiro atoms. The van der Waals surface area contributed by atoms with Crippen molar-refractivity contribution < 1.29 is 22.6 Å². The van der Waals surface area contributed by atoms with Crippen LogP contribution in [0.4, 0.5) is 13.2 Å². The van der Waals surface area contributed by atoms with Crippen LogP contribution < -0.4 is 10.1 Å². The Hall–Kier alpha value is -2.40. The van der Waals surface area contributed by atoms with Crippen molar-refractivity contribution in [1.29, 1.82) is 0 Å². The lowest BCUT2D eigenvalue weighted by Gasteiger charge is -2.21. The van der Waals surface area contributed by atoms with Gasteiger partial charge in [0.25, 0.3) is 0 Å². The SMILES string of the molecule is CN=C(NCc1cccnc1OCC(F)(F)F)N(C)Cc1csc(C(C)OC)n1. The molecule has 0 bridgehead atoms. The number of ether oxygens (including phenoxy) is 2. The summed E-state index contributed by atoms with van der Waals surface area (Å²) in [7, 11) is 5.11. The number of alkyl halides is 3. The third-order valence-electron chi connectivity index (χ3n) is 3.90. The summed E-state index contributed by atoms with van der Waals surface area (Å²) in [6.45, 7) is 1.26. The number of thiazole rings is 1. The zero-order valence-corrected chi connectivity index (χ0v) is 17.5. The van der Waals surface area contributed by atoms with E-state index in [4.69, 9.17) is 9.47 Å². The molecule has 29 heavy (non-hydrogen) atoms. The van der Waals surface area contributed by atoms with Gasteiger partial charge in [-0.2, -0.15) is 13.2 Å². The second kappa shape index (κ2) is 10.4. The van der Waals surface area contributed by atoms with Crippen molar-refractivity contribution in [1.82, 2.24) is 20.2 Å². The van der Waals surface area contributed by atoms with Crippen LogP contribution in [0, 0.1) is 0 Å². The van der Waals surface area contributed by atoms with E-state index < -0.39 is 12.8 Å². The summed E-state index contributed by atoms with van der Waals surface area (Å²) in [6, 6.07) is 3.29. The van der Waals surface area contributed by atoms with Gasteiger partial charge in [-0.25, -0.2) is 9.97 Å². The first-order valence-electron chi connectivity index (χ1n) is 8.75. The number of hydrogen-bond donors (Lipinski definition) is 1. The molecule has 2 aromatic heterocycles. The molecule has 1 unspecified atom stereocenters. The average Bonchev–Trinajstić information content (AvgIpc) is 3.14. The molecule has 2 heterocycles. The lowest BCUT2D eigenvalue weighted by atomic mass is 10.2. The fourth-order valence-corrected chi connectivity index (χ4v) is 3.24. The van der Waals surface area contributed by atoms with Crippen molar-refractivity contribution in [3.63, 3.8) is 0 Å². The van der Waals surface area contributed by atoms with Crippen LogP contribution in [0.1, 0.15) is 29.3 Å². The maximum absolute atomic E-state index is 12.4. The minimum atomic E-state index is -4.43. The number of pyridine rings is 1. The van der Waals surface area contributed by atoms with Crippen LogP contribution in [-0.4, -0.2) is 54.8 Å². The monoisotopic (exact) mass is 431 g/mol. The number of aromatic nitrogens is 2. The van der Waals surface area contributed by atoms with Gasteiger partial charge >= 0.3 is 6.18 Å². The molecule has 0 saturated carbocycles. The number of aliphatic imine (C=N–C) groups is 1. The maximum Gasteiger partial charge on any atom is 0.422 e. The predicted octanol–water partition coefficient (Wildman–Crippen LogP) is 3.39. The van der Waals surface area contributed by atoms with Crippen molar-refractivity contribution in [2.24, 2.45) is 4.99 Å². The van der Waals surface area contributed by atoms with Gasteiger partial charge in [-0.3, -0.25) is 4.99 Å². The fraction of sp³-hybridized carbons (Fsp3) is 0.500. The second-order valence-corrected chi connectivity index (χ2v) is 7.07. The molecule has 0 aliphatic carbocycles. The third-order valence-corrected chi connectivity index (χ3v) is 4.96. The van der Waals surface area contributed by atoms with Crippen LogP contribution in [-0.2, 0) is 17.8 Å². The molecule has 11 heteroatoms. The third kappa shape index (κ3) is 7.17. The van der Waals surface area contributed by atoms with E-state index in [2.05, 4.69) is 20.3 Å². The number of halogens is 3. The first-order valence-corrected chi connectivity index (χ1v) is 9.63. The van der Waals surface area contributed by atoms with Gasteiger partial charge in [0.2, 0.25) is 5.88 Å². The van der Waals surface area contributed by atoms with Crippen molar-refractivity contribution in [3.05, 3.63) is 40.0 Å². The molecule has 7 nitrogen and oxygen atoms in total. The van der Waals surface area contributed by atoms with Crippen molar-refractivity contribution in [2.75, 3.05) is 27.8 Å². The number of methoxy groups -OCH3 is 1. The lowest BCUT2D eigenvalue weighted by molar-refractivity contribution is -0.154. The van der Waals surface area contributed by atoms with Gasteiger partial charge in [0.1, 0.15) is 11.1 Å². The van der Waals surface area contributed by atoms with Crippen molar-refractivity contribution >= 4 is 17.3 Å². The summed E-state index contributed by atoms with van der Waals surface area (Å²) < 4.78 is 47.3. The number of guanidine groups is 1. The minimum Gasteiger partial charge on any atom is -0.468 e. The molecule has 2 aromatic rings. The highest BCUT2D eigenvalue weighted by molar-refractivity contribution is 7.09. The van der Waals surface area contributed by atoms with Gasteiger partial charge in [0.15, 0.2) is 12.6 Å². The topological polar surface area (TPSA) is 71.9 Å². The standard InChI is InChI=1S/C18H24F3N5O2S/c1-12(27-4)16-25-14(10-29-16)9-26(3)17(22-2)24-8-13-6-5-7-23-15(13)28-11-18(19,20)21/h5-7,10,12H,8-9,11H2,1-4H3,(H,22,24). The largest absolute Gasteiger partial charge is 0.468 e. The normalized spacial score (nSPS) is 13.3. The second-order valence-electron chi connectivity index (χ2n) is 6.18. The van der Waals surface area contributed by atoms with E-state index in [0.717, 1.165) is 10.7 Å². The van der Waals surface area contributed by atoms with E-state index in [1.165, 1.54) is 17.5 Å². The number of hydrogen-bond acceptors (Lipinski definition) is 6. The van der Waals surface area contributed by atoms with Crippen molar-refractivity contribution in [3.8, 4) is 5.88 Å². The Labute approximate surface area is 171 Å². The summed E-state index contributed by atoms with van der Waals surface area (Å²) >= 11 is 1.52. The smallest absolute Gasteiger partial charge is 0.422 e. The number of rotatable bonds is 8. The van der Waals surface area contributed by atoms with Gasteiger partial charge in [0, 0.05) is 44.9 Å².